The van der Waals surface area contributed by atoms with Crippen molar-refractivity contribution in [3.8, 4) is 5.69 Å². The first-order valence-electron chi connectivity index (χ1n) is 10.2. The Morgan fingerprint density at radius 1 is 1.09 bits per heavy atom. The van der Waals surface area contributed by atoms with Gasteiger partial charge in [0.15, 0.2) is 5.69 Å². The monoisotopic (exact) mass is 534 g/mol. The van der Waals surface area contributed by atoms with Crippen LogP contribution in [-0.2, 0) is 29.3 Å². The van der Waals surface area contributed by atoms with E-state index in [0.717, 1.165) is 17.9 Å². The van der Waals surface area contributed by atoms with Crippen molar-refractivity contribution in [1.82, 2.24) is 19.8 Å². The van der Waals surface area contributed by atoms with Gasteiger partial charge in [0.1, 0.15) is 0 Å². The van der Waals surface area contributed by atoms with Crippen molar-refractivity contribution in [2.24, 2.45) is 0 Å². The summed E-state index contributed by atoms with van der Waals surface area (Å²) in [5.41, 5.74) is 1.32. The van der Waals surface area contributed by atoms with Crippen molar-refractivity contribution < 1.29 is 21.6 Å². The molecule has 0 aliphatic carbocycles. The van der Waals surface area contributed by atoms with E-state index < -0.39 is 21.9 Å². The van der Waals surface area contributed by atoms with Gasteiger partial charge in [0, 0.05) is 29.7 Å². The predicted octanol–water partition coefficient (Wildman–Crippen LogP) is 5.14. The highest BCUT2D eigenvalue weighted by atomic mass is 35.5. The van der Waals surface area contributed by atoms with Crippen LogP contribution in [0, 0.1) is 0 Å². The third-order valence-corrected chi connectivity index (χ3v) is 6.31. The zero-order valence-electron chi connectivity index (χ0n) is 18.3. The summed E-state index contributed by atoms with van der Waals surface area (Å²) in [5.74, 6) is -0.0148. The minimum Gasteiger partial charge on any atom is -0.311 e. The summed E-state index contributed by atoms with van der Waals surface area (Å²) in [6, 6.07) is 12.8. The van der Waals surface area contributed by atoms with Gasteiger partial charge in [-0.15, -0.1) is 0 Å². The third kappa shape index (κ3) is 7.19. The van der Waals surface area contributed by atoms with Crippen LogP contribution < -0.4 is 10.0 Å². The van der Waals surface area contributed by atoms with E-state index in [1.807, 2.05) is 13.0 Å². The molecule has 1 heterocycles. The van der Waals surface area contributed by atoms with Gasteiger partial charge in [-0.3, -0.25) is 0 Å². The Bertz CT molecular complexity index is 1260. The molecule has 3 aromatic rings. The maximum atomic E-state index is 13.3. The van der Waals surface area contributed by atoms with E-state index in [0.29, 0.717) is 33.5 Å². The summed E-state index contributed by atoms with van der Waals surface area (Å²) in [7, 11) is -3.34. The van der Waals surface area contributed by atoms with Crippen molar-refractivity contribution in [3.05, 3.63) is 81.1 Å². The van der Waals surface area contributed by atoms with E-state index in [1.54, 1.807) is 36.4 Å². The van der Waals surface area contributed by atoms with Gasteiger partial charge in [-0.25, -0.2) is 17.8 Å². The van der Waals surface area contributed by atoms with E-state index in [2.05, 4.69) is 15.1 Å². The molecule has 0 saturated carbocycles. The molecule has 0 amide bonds. The van der Waals surface area contributed by atoms with Gasteiger partial charge in [-0.05, 0) is 47.4 Å². The summed E-state index contributed by atoms with van der Waals surface area (Å²) < 4.78 is 66.0. The molecule has 184 valence electrons. The molecule has 1 aromatic heterocycles. The molecule has 3 rings (SSSR count). The number of nitrogens with zero attached hydrogens (tertiary/aromatic N) is 2. The number of sulfonamides is 1. The topological polar surface area (TPSA) is 76.0 Å². The molecule has 0 saturated heterocycles. The van der Waals surface area contributed by atoms with Crippen molar-refractivity contribution in [1.29, 1.82) is 0 Å². The molecular weight excluding hydrogens is 512 g/mol. The van der Waals surface area contributed by atoms with E-state index in [-0.39, 0.29) is 19.0 Å². The second-order valence-corrected chi connectivity index (χ2v) is 10.6. The summed E-state index contributed by atoms with van der Waals surface area (Å²) in [6.45, 7) is 2.63. The largest absolute Gasteiger partial charge is 0.435 e. The molecule has 1 atom stereocenters. The molecule has 0 aliphatic rings. The molecule has 6 nitrogen and oxygen atoms in total. The Morgan fingerprint density at radius 2 is 1.82 bits per heavy atom. The van der Waals surface area contributed by atoms with E-state index in [4.69, 9.17) is 23.2 Å². The summed E-state index contributed by atoms with van der Waals surface area (Å²) in [5, 5.41) is 7.72. The molecule has 2 aromatic carbocycles. The highest BCUT2D eigenvalue weighted by Crippen LogP contribution is 2.30. The molecule has 2 N–H and O–H groups in total. The summed E-state index contributed by atoms with van der Waals surface area (Å²) >= 11 is 12.3. The van der Waals surface area contributed by atoms with Crippen LogP contribution in [0.25, 0.3) is 5.69 Å². The second kappa shape index (κ2) is 10.7. The third-order valence-electron chi connectivity index (χ3n) is 5.05. The molecule has 0 fully saturated rings. The van der Waals surface area contributed by atoms with Crippen LogP contribution in [0.4, 0.5) is 13.2 Å². The van der Waals surface area contributed by atoms with Crippen LogP contribution >= 0.6 is 23.2 Å². The maximum absolute atomic E-state index is 13.3. The van der Waals surface area contributed by atoms with Gasteiger partial charge in [0.2, 0.25) is 10.0 Å². The lowest BCUT2D eigenvalue weighted by atomic mass is 9.99. The number of hydrogen-bond acceptors (Lipinski definition) is 4. The maximum Gasteiger partial charge on any atom is 0.435 e. The average molecular weight is 535 g/mol. The number of halogens is 5. The summed E-state index contributed by atoms with van der Waals surface area (Å²) in [4.78, 5) is 0. The Hall–Kier alpha value is -2.11. The lowest BCUT2D eigenvalue weighted by Gasteiger charge is -2.15. The van der Waals surface area contributed by atoms with E-state index in [9.17, 15) is 21.6 Å². The Labute approximate surface area is 206 Å². The SMILES string of the molecule is CC(CNCc1cc(C(F)(F)F)nn1-c1cccc(Cl)c1)c1ccc(CNS(C)(=O)=O)c(Cl)c1. The van der Waals surface area contributed by atoms with E-state index in [1.165, 1.54) is 4.68 Å². The summed E-state index contributed by atoms with van der Waals surface area (Å²) in [6.07, 6.45) is -3.50. The lowest BCUT2D eigenvalue weighted by molar-refractivity contribution is -0.141. The second-order valence-electron chi connectivity index (χ2n) is 7.89. The number of aromatic nitrogens is 2. The molecule has 0 aliphatic heterocycles. The smallest absolute Gasteiger partial charge is 0.311 e. The molecule has 12 heteroatoms. The minimum atomic E-state index is -4.57. The van der Waals surface area contributed by atoms with Crippen molar-refractivity contribution in [2.45, 2.75) is 32.1 Å². The number of hydrogen-bond donors (Lipinski definition) is 2. The number of rotatable bonds is 9. The molecule has 0 spiro atoms. The van der Waals surface area contributed by atoms with Crippen LogP contribution in [0.2, 0.25) is 10.0 Å². The fraction of sp³-hybridized carbons (Fsp3) is 0.318. The first-order valence-corrected chi connectivity index (χ1v) is 12.8. The van der Waals surface area contributed by atoms with Gasteiger partial charge < -0.3 is 5.32 Å². The zero-order chi connectivity index (χ0) is 25.1. The number of benzene rings is 2. The Morgan fingerprint density at radius 3 is 2.44 bits per heavy atom. The van der Waals surface area contributed by atoms with E-state index >= 15 is 0 Å². The van der Waals surface area contributed by atoms with Crippen molar-refractivity contribution in [2.75, 3.05) is 12.8 Å². The van der Waals surface area contributed by atoms with Crippen LogP contribution in [0.15, 0.2) is 48.5 Å². The van der Waals surface area contributed by atoms with Crippen LogP contribution in [0.3, 0.4) is 0 Å². The highest BCUT2D eigenvalue weighted by Gasteiger charge is 2.35. The molecular formula is C22H23Cl2F3N4O2S. The normalized spacial score (nSPS) is 13.3. The minimum absolute atomic E-state index is 0.0148. The fourth-order valence-corrected chi connectivity index (χ4v) is 4.13. The quantitative estimate of drug-likeness (QED) is 0.398. The van der Waals surface area contributed by atoms with Gasteiger partial charge in [0.05, 0.1) is 17.6 Å². The molecule has 0 bridgehead atoms. The Kier molecular flexibility index (Phi) is 8.30. The fourth-order valence-electron chi connectivity index (χ4n) is 3.27. The van der Waals surface area contributed by atoms with Crippen molar-refractivity contribution >= 4 is 33.2 Å². The van der Waals surface area contributed by atoms with Gasteiger partial charge in [-0.1, -0.05) is 48.3 Å². The molecule has 34 heavy (non-hydrogen) atoms. The van der Waals surface area contributed by atoms with Crippen LogP contribution in [0.1, 0.15) is 35.4 Å². The zero-order valence-corrected chi connectivity index (χ0v) is 20.7. The van der Waals surface area contributed by atoms with Crippen LogP contribution in [-0.4, -0.2) is 31.0 Å². The first kappa shape index (κ1) is 26.5. The first-order chi connectivity index (χ1) is 15.8. The van der Waals surface area contributed by atoms with Crippen LogP contribution in [0.5, 0.6) is 0 Å². The number of alkyl halides is 3. The van der Waals surface area contributed by atoms with Crippen molar-refractivity contribution in [3.63, 3.8) is 0 Å². The average Bonchev–Trinajstić information content (AvgIpc) is 3.17. The lowest BCUT2D eigenvalue weighted by Crippen LogP contribution is -2.22. The van der Waals surface area contributed by atoms with Gasteiger partial charge in [-0.2, -0.15) is 18.3 Å². The number of nitrogens with one attached hydrogen (secondary N) is 2. The van der Waals surface area contributed by atoms with Gasteiger partial charge in [0.25, 0.3) is 0 Å². The molecule has 1 unspecified atom stereocenters. The highest BCUT2D eigenvalue weighted by molar-refractivity contribution is 7.88. The Balaban J connectivity index is 1.70. The van der Waals surface area contributed by atoms with Gasteiger partial charge >= 0.3 is 6.18 Å². The standard InChI is InChI=1S/C22H23Cl2F3N4O2S/c1-14(15-6-7-16(20(24)8-15)12-29-34(2,32)33)11-28-13-19-10-21(22(25,26)27)30-31(19)18-5-3-4-17(23)9-18/h3-10,14,28-29H,11-13H2,1-2H3. The molecule has 0 radical (unpaired) electrons. The predicted molar refractivity (Wildman–Crippen MR) is 127 cm³/mol.